The van der Waals surface area contributed by atoms with E-state index in [4.69, 9.17) is 5.73 Å². The summed E-state index contributed by atoms with van der Waals surface area (Å²) in [5, 5.41) is 4.09. The Kier molecular flexibility index (Phi) is 3.52. The number of aromatic nitrogens is 3. The van der Waals surface area contributed by atoms with Crippen molar-refractivity contribution in [3.63, 3.8) is 0 Å². The molecular weight excluding hydrogens is 212 g/mol. The molecule has 1 atom stereocenters. The topological polar surface area (TPSA) is 56.7 Å². The molecule has 0 spiro atoms. The van der Waals surface area contributed by atoms with Crippen LogP contribution in [-0.4, -0.2) is 20.8 Å². The lowest BCUT2D eigenvalue weighted by Crippen LogP contribution is -2.37. The Morgan fingerprint density at radius 2 is 2.12 bits per heavy atom. The molecule has 0 saturated heterocycles. The van der Waals surface area contributed by atoms with Gasteiger partial charge < -0.3 is 5.73 Å². The van der Waals surface area contributed by atoms with Crippen LogP contribution in [0.25, 0.3) is 0 Å². The largest absolute Gasteiger partial charge is 0.327 e. The van der Waals surface area contributed by atoms with Gasteiger partial charge in [-0.3, -0.25) is 4.68 Å². The van der Waals surface area contributed by atoms with Crippen molar-refractivity contribution in [2.45, 2.75) is 52.0 Å². The van der Waals surface area contributed by atoms with Crippen molar-refractivity contribution in [2.75, 3.05) is 0 Å². The summed E-state index contributed by atoms with van der Waals surface area (Å²) in [6.45, 7) is 4.72. The molecule has 0 radical (unpaired) electrons. The Morgan fingerprint density at radius 1 is 1.47 bits per heavy atom. The summed E-state index contributed by atoms with van der Waals surface area (Å²) < 4.78 is 1.83. The summed E-state index contributed by atoms with van der Waals surface area (Å²) in [5.74, 6) is 1.65. The number of rotatable bonds is 3. The number of hydrogen-bond acceptors (Lipinski definition) is 3. The first-order valence-corrected chi connectivity index (χ1v) is 6.56. The van der Waals surface area contributed by atoms with E-state index in [0.717, 1.165) is 12.2 Å². The summed E-state index contributed by atoms with van der Waals surface area (Å²) in [4.78, 5) is 4.25. The molecule has 1 aliphatic rings. The van der Waals surface area contributed by atoms with Crippen LogP contribution in [0.1, 0.15) is 45.4 Å². The van der Waals surface area contributed by atoms with Crippen LogP contribution in [0.15, 0.2) is 6.33 Å². The predicted octanol–water partition coefficient (Wildman–Crippen LogP) is 1.90. The van der Waals surface area contributed by atoms with Gasteiger partial charge in [0.15, 0.2) is 0 Å². The third kappa shape index (κ3) is 3.06. The molecule has 1 aromatic rings. The summed E-state index contributed by atoms with van der Waals surface area (Å²) >= 11 is 0. The highest BCUT2D eigenvalue weighted by Crippen LogP contribution is 2.39. The number of aryl methyl sites for hydroxylation is 1. The third-order valence-corrected chi connectivity index (χ3v) is 4.21. The number of nitrogens with two attached hydrogens (primary N) is 1. The first-order chi connectivity index (χ1) is 7.98. The van der Waals surface area contributed by atoms with Gasteiger partial charge >= 0.3 is 0 Å². The first-order valence-electron chi connectivity index (χ1n) is 6.56. The van der Waals surface area contributed by atoms with Crippen LogP contribution in [0, 0.1) is 11.3 Å². The van der Waals surface area contributed by atoms with Gasteiger partial charge in [-0.25, -0.2) is 4.98 Å². The second-order valence-corrected chi connectivity index (χ2v) is 6.17. The standard InChI is InChI=1S/C13H24N4/c1-13(2)6-4-10(5-7-13)11(14)8-12-15-9-16-17(12)3/h9-11H,4-8,14H2,1-3H3. The van der Waals surface area contributed by atoms with Crippen LogP contribution in [0.2, 0.25) is 0 Å². The summed E-state index contributed by atoms with van der Waals surface area (Å²) in [6, 6.07) is 0.231. The van der Waals surface area contributed by atoms with Gasteiger partial charge in [-0.15, -0.1) is 0 Å². The van der Waals surface area contributed by atoms with E-state index in [2.05, 4.69) is 23.9 Å². The van der Waals surface area contributed by atoms with Crippen LogP contribution >= 0.6 is 0 Å². The summed E-state index contributed by atoms with van der Waals surface area (Å²) in [6.07, 6.45) is 7.56. The van der Waals surface area contributed by atoms with Crippen LogP contribution in [0.3, 0.4) is 0 Å². The molecule has 1 fully saturated rings. The molecule has 1 heterocycles. The Morgan fingerprint density at radius 3 is 2.65 bits per heavy atom. The molecule has 2 N–H and O–H groups in total. The van der Waals surface area contributed by atoms with Crippen molar-refractivity contribution in [2.24, 2.45) is 24.1 Å². The van der Waals surface area contributed by atoms with Gasteiger partial charge in [0.05, 0.1) is 0 Å². The van der Waals surface area contributed by atoms with E-state index in [0.29, 0.717) is 11.3 Å². The van der Waals surface area contributed by atoms with Gasteiger partial charge in [0.25, 0.3) is 0 Å². The highest BCUT2D eigenvalue weighted by atomic mass is 15.3. The van der Waals surface area contributed by atoms with Crippen molar-refractivity contribution in [1.82, 2.24) is 14.8 Å². The molecule has 1 aromatic heterocycles. The first kappa shape index (κ1) is 12.6. The average molecular weight is 236 g/mol. The van der Waals surface area contributed by atoms with Crippen LogP contribution in [-0.2, 0) is 13.5 Å². The van der Waals surface area contributed by atoms with Gasteiger partial charge in [-0.1, -0.05) is 13.8 Å². The zero-order chi connectivity index (χ0) is 12.5. The minimum atomic E-state index is 0.231. The summed E-state index contributed by atoms with van der Waals surface area (Å²) in [5.41, 5.74) is 6.83. The van der Waals surface area contributed by atoms with Gasteiger partial charge in [0.1, 0.15) is 12.2 Å². The van der Waals surface area contributed by atoms with Crippen molar-refractivity contribution in [1.29, 1.82) is 0 Å². The normalized spacial score (nSPS) is 22.6. The zero-order valence-corrected chi connectivity index (χ0v) is 11.2. The smallest absolute Gasteiger partial charge is 0.138 e. The average Bonchev–Trinajstić information content (AvgIpc) is 2.64. The SMILES string of the molecule is Cn1ncnc1CC(N)C1CCC(C)(C)CC1. The second-order valence-electron chi connectivity index (χ2n) is 6.17. The van der Waals surface area contributed by atoms with Gasteiger partial charge in [0, 0.05) is 19.5 Å². The van der Waals surface area contributed by atoms with Crippen LogP contribution in [0.5, 0.6) is 0 Å². The highest BCUT2D eigenvalue weighted by molar-refractivity contribution is 4.92. The second kappa shape index (κ2) is 4.77. The van der Waals surface area contributed by atoms with E-state index in [1.165, 1.54) is 25.7 Å². The Labute approximate surface area is 104 Å². The molecule has 1 aliphatic carbocycles. The number of hydrogen-bond donors (Lipinski definition) is 1. The number of nitrogens with zero attached hydrogens (tertiary/aromatic N) is 3. The van der Waals surface area contributed by atoms with E-state index in [9.17, 15) is 0 Å². The van der Waals surface area contributed by atoms with E-state index in [-0.39, 0.29) is 6.04 Å². The lowest BCUT2D eigenvalue weighted by Gasteiger charge is -2.36. The molecule has 0 amide bonds. The van der Waals surface area contributed by atoms with E-state index in [1.807, 2.05) is 11.7 Å². The zero-order valence-electron chi connectivity index (χ0n) is 11.2. The maximum atomic E-state index is 6.32. The van der Waals surface area contributed by atoms with Crippen molar-refractivity contribution >= 4 is 0 Å². The van der Waals surface area contributed by atoms with Gasteiger partial charge in [-0.05, 0) is 37.0 Å². The molecule has 4 nitrogen and oxygen atoms in total. The van der Waals surface area contributed by atoms with Gasteiger partial charge in [0.2, 0.25) is 0 Å². The lowest BCUT2D eigenvalue weighted by atomic mass is 9.71. The molecule has 96 valence electrons. The fourth-order valence-corrected chi connectivity index (χ4v) is 2.73. The lowest BCUT2D eigenvalue weighted by molar-refractivity contribution is 0.172. The minimum Gasteiger partial charge on any atom is -0.327 e. The molecule has 0 bridgehead atoms. The van der Waals surface area contributed by atoms with E-state index in [1.54, 1.807) is 6.33 Å². The molecule has 1 saturated carbocycles. The van der Waals surface area contributed by atoms with Gasteiger partial charge in [-0.2, -0.15) is 5.10 Å². The van der Waals surface area contributed by atoms with Crippen molar-refractivity contribution in [3.8, 4) is 0 Å². The molecule has 17 heavy (non-hydrogen) atoms. The molecule has 2 rings (SSSR count). The Balaban J connectivity index is 1.89. The Bertz CT molecular complexity index is 359. The maximum absolute atomic E-state index is 6.32. The molecule has 1 unspecified atom stereocenters. The molecular formula is C13H24N4. The maximum Gasteiger partial charge on any atom is 0.138 e. The molecule has 4 heteroatoms. The summed E-state index contributed by atoms with van der Waals surface area (Å²) in [7, 11) is 1.93. The van der Waals surface area contributed by atoms with Crippen molar-refractivity contribution < 1.29 is 0 Å². The monoisotopic (exact) mass is 236 g/mol. The van der Waals surface area contributed by atoms with E-state index < -0.39 is 0 Å². The van der Waals surface area contributed by atoms with Crippen LogP contribution < -0.4 is 5.73 Å². The van der Waals surface area contributed by atoms with Crippen molar-refractivity contribution in [3.05, 3.63) is 12.2 Å². The fourth-order valence-electron chi connectivity index (χ4n) is 2.73. The predicted molar refractivity (Wildman–Crippen MR) is 68.4 cm³/mol. The highest BCUT2D eigenvalue weighted by Gasteiger charge is 2.30. The Hall–Kier alpha value is -0.900. The fraction of sp³-hybridized carbons (Fsp3) is 0.846. The molecule has 0 aliphatic heterocycles. The minimum absolute atomic E-state index is 0.231. The van der Waals surface area contributed by atoms with Crippen LogP contribution in [0.4, 0.5) is 0 Å². The van der Waals surface area contributed by atoms with E-state index >= 15 is 0 Å². The molecule has 0 aromatic carbocycles. The third-order valence-electron chi connectivity index (χ3n) is 4.21. The quantitative estimate of drug-likeness (QED) is 0.872.